The number of carbonyl (C=O) groups excluding carboxylic acids is 2. The highest BCUT2D eigenvalue weighted by atomic mass is 19.1. The third-order valence-corrected chi connectivity index (χ3v) is 6.25. The molecule has 14 heteroatoms. The lowest BCUT2D eigenvalue weighted by Gasteiger charge is -2.24. The maximum Gasteiger partial charge on any atom is 0.508 e. The Morgan fingerprint density at radius 2 is 2.00 bits per heavy atom. The maximum absolute atomic E-state index is 14.3. The maximum atomic E-state index is 14.3. The van der Waals surface area contributed by atoms with Crippen LogP contribution in [-0.2, 0) is 30.3 Å². The van der Waals surface area contributed by atoms with Gasteiger partial charge >= 0.3 is 17.8 Å². The van der Waals surface area contributed by atoms with Crippen molar-refractivity contribution in [3.63, 3.8) is 0 Å². The molecule has 1 N–H and O–H groups in total. The van der Waals surface area contributed by atoms with Gasteiger partial charge in [-0.2, -0.15) is 0 Å². The first-order chi connectivity index (χ1) is 19.6. The first-order valence-electron chi connectivity index (χ1n) is 12.6. The van der Waals surface area contributed by atoms with Gasteiger partial charge in [0.2, 0.25) is 0 Å². The molecule has 0 unspecified atom stereocenters. The average molecular weight is 575 g/mol. The SMILES string of the molecule is CC(=O)O[C@H]1C[C@H](n2cc(C)c(=O)[nH]c2=O)O[C@@H]1COC(=O)OCCN(Cc1ccc(F)cc1F)c1ccccn1. The van der Waals surface area contributed by atoms with Gasteiger partial charge in [0, 0.05) is 49.5 Å². The number of pyridine rings is 1. The number of aromatic nitrogens is 3. The molecule has 1 fully saturated rings. The van der Waals surface area contributed by atoms with Crippen molar-refractivity contribution in [2.45, 2.75) is 45.2 Å². The molecule has 1 aliphatic heterocycles. The highest BCUT2D eigenvalue weighted by Crippen LogP contribution is 2.30. The predicted molar refractivity (Wildman–Crippen MR) is 139 cm³/mol. The van der Waals surface area contributed by atoms with Crippen LogP contribution >= 0.6 is 0 Å². The van der Waals surface area contributed by atoms with E-state index in [0.29, 0.717) is 5.82 Å². The summed E-state index contributed by atoms with van der Waals surface area (Å²) >= 11 is 0. The largest absolute Gasteiger partial charge is 0.508 e. The number of nitrogens with one attached hydrogen (secondary N) is 1. The van der Waals surface area contributed by atoms with Crippen LogP contribution in [0.4, 0.5) is 19.4 Å². The minimum Gasteiger partial charge on any atom is -0.459 e. The molecule has 218 valence electrons. The first-order valence-corrected chi connectivity index (χ1v) is 12.6. The number of nitrogens with zero attached hydrogens (tertiary/aromatic N) is 3. The fourth-order valence-corrected chi connectivity index (χ4v) is 4.26. The molecule has 1 aliphatic rings. The second-order valence-corrected chi connectivity index (χ2v) is 9.25. The minimum atomic E-state index is -1.04. The summed E-state index contributed by atoms with van der Waals surface area (Å²) in [6.07, 6.45) is -0.714. The molecule has 0 bridgehead atoms. The molecule has 12 nitrogen and oxygen atoms in total. The Hall–Kier alpha value is -4.59. The Morgan fingerprint density at radius 1 is 1.20 bits per heavy atom. The number of aryl methyl sites for hydroxylation is 1. The van der Waals surface area contributed by atoms with Crippen molar-refractivity contribution in [1.82, 2.24) is 14.5 Å². The predicted octanol–water partition coefficient (Wildman–Crippen LogP) is 2.60. The Balaban J connectivity index is 1.34. The van der Waals surface area contributed by atoms with Crippen LogP contribution in [0.15, 0.2) is 58.4 Å². The molecule has 0 saturated carbocycles. The zero-order chi connectivity index (χ0) is 29.5. The van der Waals surface area contributed by atoms with Crippen LogP contribution in [0.1, 0.15) is 30.7 Å². The topological polar surface area (TPSA) is 142 Å². The van der Waals surface area contributed by atoms with Gasteiger partial charge in [-0.15, -0.1) is 0 Å². The second kappa shape index (κ2) is 13.2. The molecule has 0 radical (unpaired) electrons. The van der Waals surface area contributed by atoms with Crippen LogP contribution in [-0.4, -0.2) is 58.6 Å². The van der Waals surface area contributed by atoms with Crippen molar-refractivity contribution in [2.24, 2.45) is 0 Å². The highest BCUT2D eigenvalue weighted by Gasteiger charge is 2.40. The Kier molecular flexibility index (Phi) is 9.45. The number of halogens is 2. The molecule has 1 aromatic carbocycles. The molecule has 1 saturated heterocycles. The van der Waals surface area contributed by atoms with E-state index in [2.05, 4.69) is 9.97 Å². The summed E-state index contributed by atoms with van der Waals surface area (Å²) in [6.45, 7) is 2.36. The van der Waals surface area contributed by atoms with Crippen molar-refractivity contribution in [3.05, 3.63) is 92.4 Å². The van der Waals surface area contributed by atoms with E-state index in [0.717, 1.165) is 12.1 Å². The first kappa shape index (κ1) is 29.4. The molecule has 0 spiro atoms. The number of hydrogen-bond donors (Lipinski definition) is 1. The normalized spacial score (nSPS) is 18.1. The van der Waals surface area contributed by atoms with Gasteiger partial charge in [-0.3, -0.25) is 19.1 Å². The molecule has 2 aromatic heterocycles. The van der Waals surface area contributed by atoms with E-state index in [-0.39, 0.29) is 43.9 Å². The summed E-state index contributed by atoms with van der Waals surface area (Å²) < 4.78 is 50.2. The highest BCUT2D eigenvalue weighted by molar-refractivity contribution is 5.66. The average Bonchev–Trinajstić information content (AvgIpc) is 3.32. The number of esters is 1. The molecule has 3 atom stereocenters. The van der Waals surface area contributed by atoms with E-state index < -0.39 is 53.4 Å². The third-order valence-electron chi connectivity index (χ3n) is 6.25. The fourth-order valence-electron chi connectivity index (χ4n) is 4.26. The van der Waals surface area contributed by atoms with Crippen molar-refractivity contribution in [2.75, 3.05) is 24.7 Å². The van der Waals surface area contributed by atoms with Crippen molar-refractivity contribution >= 4 is 17.9 Å². The zero-order valence-electron chi connectivity index (χ0n) is 22.2. The van der Waals surface area contributed by atoms with Crippen LogP contribution in [0, 0.1) is 18.6 Å². The Bertz CT molecular complexity index is 1500. The number of aromatic amines is 1. The van der Waals surface area contributed by atoms with Gasteiger partial charge in [0.25, 0.3) is 5.56 Å². The number of H-pyrrole nitrogens is 1. The van der Waals surface area contributed by atoms with Gasteiger partial charge in [-0.05, 0) is 25.1 Å². The van der Waals surface area contributed by atoms with E-state index >= 15 is 0 Å². The molecule has 3 heterocycles. The molecule has 41 heavy (non-hydrogen) atoms. The molecule has 3 aromatic rings. The quantitative estimate of drug-likeness (QED) is 0.359. The summed E-state index contributed by atoms with van der Waals surface area (Å²) in [7, 11) is 0. The van der Waals surface area contributed by atoms with Gasteiger partial charge in [-0.1, -0.05) is 12.1 Å². The zero-order valence-corrected chi connectivity index (χ0v) is 22.2. The van der Waals surface area contributed by atoms with Crippen LogP contribution in [0.25, 0.3) is 0 Å². The van der Waals surface area contributed by atoms with Crippen molar-refractivity contribution < 1.29 is 37.3 Å². The summed E-state index contributed by atoms with van der Waals surface area (Å²) in [5.74, 6) is -1.53. The molecule has 0 aliphatic carbocycles. The van der Waals surface area contributed by atoms with E-state index in [9.17, 15) is 28.0 Å². The number of ether oxygens (including phenoxy) is 4. The monoisotopic (exact) mass is 574 g/mol. The van der Waals surface area contributed by atoms with E-state index in [1.807, 2.05) is 0 Å². The molecular formula is C27H28F2N4O8. The van der Waals surface area contributed by atoms with Gasteiger partial charge in [0.05, 0.1) is 6.54 Å². The van der Waals surface area contributed by atoms with Crippen LogP contribution in [0.3, 0.4) is 0 Å². The lowest BCUT2D eigenvalue weighted by Crippen LogP contribution is -2.34. The van der Waals surface area contributed by atoms with E-state index in [1.54, 1.807) is 29.3 Å². The summed E-state index contributed by atoms with van der Waals surface area (Å²) in [5.41, 5.74) is -0.734. The van der Waals surface area contributed by atoms with Gasteiger partial charge in [0.1, 0.15) is 49.1 Å². The Labute approximate surface area is 232 Å². The molecular weight excluding hydrogens is 546 g/mol. The number of hydrogen-bond acceptors (Lipinski definition) is 10. The lowest BCUT2D eigenvalue weighted by atomic mass is 10.2. The fraction of sp³-hybridized carbons (Fsp3) is 0.370. The third kappa shape index (κ3) is 7.75. The number of anilines is 1. The van der Waals surface area contributed by atoms with Crippen LogP contribution in [0.5, 0.6) is 0 Å². The van der Waals surface area contributed by atoms with E-state index in [4.69, 9.17) is 18.9 Å². The summed E-state index contributed by atoms with van der Waals surface area (Å²) in [5, 5.41) is 0. The summed E-state index contributed by atoms with van der Waals surface area (Å²) in [4.78, 5) is 56.0. The molecule has 0 amide bonds. The van der Waals surface area contributed by atoms with Gasteiger partial charge < -0.3 is 23.8 Å². The number of rotatable bonds is 10. The lowest BCUT2D eigenvalue weighted by molar-refractivity contribution is -0.150. The standard InChI is InChI=1S/C27H28F2N4O8/c1-16-13-33(26(36)31-25(16)35)24-12-21(40-17(2)34)22(41-24)15-39-27(37)38-10-9-32(23-5-3-4-8-30-23)14-18-6-7-19(28)11-20(18)29/h3-8,11,13,21-22,24H,9-10,12,14-15H2,1-2H3,(H,31,35,36)/t21-,22+,24+/m0/s1. The molecule has 4 rings (SSSR count). The number of benzene rings is 1. The summed E-state index contributed by atoms with van der Waals surface area (Å²) in [6, 6.07) is 8.40. The smallest absolute Gasteiger partial charge is 0.459 e. The van der Waals surface area contributed by atoms with Crippen LogP contribution < -0.4 is 16.1 Å². The van der Waals surface area contributed by atoms with Crippen molar-refractivity contribution in [1.29, 1.82) is 0 Å². The van der Waals surface area contributed by atoms with E-state index in [1.165, 1.54) is 30.7 Å². The second-order valence-electron chi connectivity index (χ2n) is 9.25. The van der Waals surface area contributed by atoms with Gasteiger partial charge in [-0.25, -0.2) is 23.4 Å². The minimum absolute atomic E-state index is 0.0342. The van der Waals surface area contributed by atoms with Crippen molar-refractivity contribution in [3.8, 4) is 0 Å². The van der Waals surface area contributed by atoms with Crippen LogP contribution in [0.2, 0.25) is 0 Å². The Morgan fingerprint density at radius 3 is 2.71 bits per heavy atom. The van der Waals surface area contributed by atoms with Gasteiger partial charge in [0.15, 0.2) is 0 Å². The number of carbonyl (C=O) groups is 2.